The Kier molecular flexibility index (Phi) is 6.65. The van der Waals surface area contributed by atoms with Crippen molar-refractivity contribution in [2.24, 2.45) is 5.73 Å². The first-order valence-corrected chi connectivity index (χ1v) is 6.96. The van der Waals surface area contributed by atoms with Gasteiger partial charge in [0.2, 0.25) is 5.88 Å². The van der Waals surface area contributed by atoms with Gasteiger partial charge >= 0.3 is 0 Å². The van der Waals surface area contributed by atoms with E-state index in [1.807, 2.05) is 0 Å². The van der Waals surface area contributed by atoms with Crippen molar-refractivity contribution in [2.75, 3.05) is 0 Å². The van der Waals surface area contributed by atoms with Gasteiger partial charge in [-0.1, -0.05) is 38.4 Å². The quantitative estimate of drug-likeness (QED) is 0.578. The van der Waals surface area contributed by atoms with Crippen molar-refractivity contribution in [3.05, 3.63) is 23.9 Å². The molecule has 0 aromatic carbocycles. The monoisotopic (exact) mass is 266 g/mol. The summed E-state index contributed by atoms with van der Waals surface area (Å²) in [5.41, 5.74) is 6.37. The summed E-state index contributed by atoms with van der Waals surface area (Å²) >= 11 is 4.93. The van der Waals surface area contributed by atoms with E-state index in [0.29, 0.717) is 10.9 Å². The molecule has 100 valence electrons. The molecule has 1 heterocycles. The molecule has 0 aliphatic carbocycles. The molecule has 0 saturated carbocycles. The second-order valence-corrected chi connectivity index (χ2v) is 4.96. The number of ether oxygens (including phenoxy) is 1. The van der Waals surface area contributed by atoms with Crippen LogP contribution in [0.1, 0.15) is 51.5 Å². The summed E-state index contributed by atoms with van der Waals surface area (Å²) in [6, 6.07) is 3.59. The van der Waals surface area contributed by atoms with Gasteiger partial charge in [-0.25, -0.2) is 4.98 Å². The molecule has 1 unspecified atom stereocenters. The van der Waals surface area contributed by atoms with Crippen molar-refractivity contribution in [2.45, 2.75) is 52.1 Å². The summed E-state index contributed by atoms with van der Waals surface area (Å²) in [4.78, 5) is 4.54. The van der Waals surface area contributed by atoms with Crippen LogP contribution in [0, 0.1) is 0 Å². The van der Waals surface area contributed by atoms with E-state index in [0.717, 1.165) is 12.0 Å². The van der Waals surface area contributed by atoms with Crippen LogP contribution < -0.4 is 10.5 Å². The van der Waals surface area contributed by atoms with Crippen LogP contribution in [0.5, 0.6) is 5.88 Å². The number of thiocarbonyl (C=S) groups is 1. The Morgan fingerprint density at radius 3 is 2.89 bits per heavy atom. The van der Waals surface area contributed by atoms with E-state index in [9.17, 15) is 0 Å². The smallest absolute Gasteiger partial charge is 0.214 e. The summed E-state index contributed by atoms with van der Waals surface area (Å²) in [5.74, 6) is 0.600. The first-order valence-electron chi connectivity index (χ1n) is 6.56. The second kappa shape index (κ2) is 8.03. The van der Waals surface area contributed by atoms with Gasteiger partial charge in [0.1, 0.15) is 4.99 Å². The third-order valence-corrected chi connectivity index (χ3v) is 3.04. The van der Waals surface area contributed by atoms with E-state index < -0.39 is 0 Å². The highest BCUT2D eigenvalue weighted by atomic mass is 32.1. The SMILES string of the molecule is CCCCCCC(C)Oc1cc(C(N)=S)ccn1. The van der Waals surface area contributed by atoms with E-state index in [1.165, 1.54) is 25.7 Å². The maximum atomic E-state index is 5.76. The molecule has 0 fully saturated rings. The predicted molar refractivity (Wildman–Crippen MR) is 79.0 cm³/mol. The topological polar surface area (TPSA) is 48.1 Å². The number of aromatic nitrogens is 1. The van der Waals surface area contributed by atoms with Crippen molar-refractivity contribution in [3.8, 4) is 5.88 Å². The number of hydrogen-bond acceptors (Lipinski definition) is 3. The fraction of sp³-hybridized carbons (Fsp3) is 0.571. The molecule has 0 aliphatic rings. The number of nitrogens with zero attached hydrogens (tertiary/aromatic N) is 1. The standard InChI is InChI=1S/C14H22N2OS/c1-3-4-5-6-7-11(2)17-13-10-12(14(15)18)8-9-16-13/h8-11H,3-7H2,1-2H3,(H2,15,18). The molecule has 1 aromatic rings. The molecule has 1 atom stereocenters. The zero-order valence-corrected chi connectivity index (χ0v) is 12.0. The van der Waals surface area contributed by atoms with E-state index >= 15 is 0 Å². The molecule has 0 bridgehead atoms. The van der Waals surface area contributed by atoms with Gasteiger partial charge in [-0.2, -0.15) is 0 Å². The normalized spacial score (nSPS) is 12.1. The molecule has 4 heteroatoms. The average Bonchev–Trinajstić information content (AvgIpc) is 2.35. The molecule has 0 aliphatic heterocycles. The molecular formula is C14H22N2OS. The largest absolute Gasteiger partial charge is 0.475 e. The molecule has 1 aromatic heterocycles. The van der Waals surface area contributed by atoms with Crippen molar-refractivity contribution >= 4 is 17.2 Å². The molecule has 3 nitrogen and oxygen atoms in total. The summed E-state index contributed by atoms with van der Waals surface area (Å²) in [5, 5.41) is 0. The lowest BCUT2D eigenvalue weighted by Gasteiger charge is -2.14. The zero-order chi connectivity index (χ0) is 13.4. The van der Waals surface area contributed by atoms with Crippen molar-refractivity contribution in [1.29, 1.82) is 0 Å². The Morgan fingerprint density at radius 2 is 2.22 bits per heavy atom. The molecule has 18 heavy (non-hydrogen) atoms. The summed E-state index contributed by atoms with van der Waals surface area (Å²) in [6.45, 7) is 4.28. The first-order chi connectivity index (χ1) is 8.63. The highest BCUT2D eigenvalue weighted by Gasteiger charge is 2.06. The molecule has 2 N–H and O–H groups in total. The minimum atomic E-state index is 0.177. The van der Waals surface area contributed by atoms with Crippen LogP contribution in [0.25, 0.3) is 0 Å². The van der Waals surface area contributed by atoms with Gasteiger partial charge in [-0.15, -0.1) is 0 Å². The van der Waals surface area contributed by atoms with Gasteiger partial charge in [0, 0.05) is 17.8 Å². The van der Waals surface area contributed by atoms with Crippen molar-refractivity contribution in [3.63, 3.8) is 0 Å². The van der Waals surface area contributed by atoms with Crippen LogP contribution in [-0.2, 0) is 0 Å². The molecule has 0 radical (unpaired) electrons. The van der Waals surface area contributed by atoms with Crippen molar-refractivity contribution < 1.29 is 4.74 Å². The minimum Gasteiger partial charge on any atom is -0.475 e. The summed E-state index contributed by atoms with van der Waals surface area (Å²) < 4.78 is 5.76. The van der Waals surface area contributed by atoms with Crippen LogP contribution in [-0.4, -0.2) is 16.1 Å². The molecule has 0 amide bonds. The van der Waals surface area contributed by atoms with Crippen LogP contribution in [0.15, 0.2) is 18.3 Å². The molecule has 0 spiro atoms. The fourth-order valence-corrected chi connectivity index (χ4v) is 1.88. The third kappa shape index (κ3) is 5.45. The van der Waals surface area contributed by atoms with Gasteiger partial charge in [-0.3, -0.25) is 0 Å². The van der Waals surface area contributed by atoms with Crippen molar-refractivity contribution in [1.82, 2.24) is 4.98 Å². The van der Waals surface area contributed by atoms with Gasteiger partial charge in [0.25, 0.3) is 0 Å². The summed E-state index contributed by atoms with van der Waals surface area (Å²) in [7, 11) is 0. The number of pyridine rings is 1. The highest BCUT2D eigenvalue weighted by molar-refractivity contribution is 7.80. The van der Waals surface area contributed by atoms with E-state index in [1.54, 1.807) is 18.3 Å². The van der Waals surface area contributed by atoms with Crippen LogP contribution >= 0.6 is 12.2 Å². The van der Waals surface area contributed by atoms with Gasteiger partial charge < -0.3 is 10.5 Å². The minimum absolute atomic E-state index is 0.177. The Balaban J connectivity index is 2.41. The maximum Gasteiger partial charge on any atom is 0.214 e. The summed E-state index contributed by atoms with van der Waals surface area (Å²) in [6.07, 6.45) is 7.92. The Morgan fingerprint density at radius 1 is 1.44 bits per heavy atom. The lowest BCUT2D eigenvalue weighted by atomic mass is 10.1. The van der Waals surface area contributed by atoms with Gasteiger partial charge in [0.05, 0.1) is 6.10 Å². The van der Waals surface area contributed by atoms with E-state index in [2.05, 4.69) is 18.8 Å². The zero-order valence-electron chi connectivity index (χ0n) is 11.2. The Hall–Kier alpha value is -1.16. The number of hydrogen-bond donors (Lipinski definition) is 1. The lowest BCUT2D eigenvalue weighted by Crippen LogP contribution is -2.14. The number of nitrogens with two attached hydrogens (primary N) is 1. The first kappa shape index (κ1) is 14.9. The maximum absolute atomic E-state index is 5.76. The average molecular weight is 266 g/mol. The molecular weight excluding hydrogens is 244 g/mol. The fourth-order valence-electron chi connectivity index (χ4n) is 1.75. The van der Waals surface area contributed by atoms with Gasteiger partial charge in [-0.05, 0) is 25.8 Å². The highest BCUT2D eigenvalue weighted by Crippen LogP contribution is 2.14. The van der Waals surface area contributed by atoms with Crippen LogP contribution in [0.2, 0.25) is 0 Å². The molecule has 0 saturated heterocycles. The van der Waals surface area contributed by atoms with Gasteiger partial charge in [0.15, 0.2) is 0 Å². The number of rotatable bonds is 8. The predicted octanol–water partition coefficient (Wildman–Crippen LogP) is 3.45. The van der Waals surface area contributed by atoms with E-state index in [4.69, 9.17) is 22.7 Å². The molecule has 1 rings (SSSR count). The van der Waals surface area contributed by atoms with Crippen LogP contribution in [0.4, 0.5) is 0 Å². The lowest BCUT2D eigenvalue weighted by molar-refractivity contribution is 0.198. The number of unbranched alkanes of at least 4 members (excludes halogenated alkanes) is 3. The van der Waals surface area contributed by atoms with Crippen LogP contribution in [0.3, 0.4) is 0 Å². The van der Waals surface area contributed by atoms with E-state index in [-0.39, 0.29) is 6.10 Å². The Bertz CT molecular complexity index is 382. The third-order valence-electron chi connectivity index (χ3n) is 2.81. The Labute approximate surface area is 115 Å². The second-order valence-electron chi connectivity index (χ2n) is 4.52.